The lowest BCUT2D eigenvalue weighted by Gasteiger charge is -2.15. The average Bonchev–Trinajstić information content (AvgIpc) is 2.83. The van der Waals surface area contributed by atoms with Gasteiger partial charge in [-0.2, -0.15) is 0 Å². The highest BCUT2D eigenvalue weighted by molar-refractivity contribution is 5.96. The molecule has 0 bridgehead atoms. The van der Waals surface area contributed by atoms with Gasteiger partial charge in [0, 0.05) is 18.7 Å². The van der Waals surface area contributed by atoms with E-state index in [9.17, 15) is 14.7 Å². The summed E-state index contributed by atoms with van der Waals surface area (Å²) in [4.78, 5) is 25.0. The number of nitrogens with one attached hydrogen (secondary N) is 1. The number of amides is 2. The first-order valence-corrected chi connectivity index (χ1v) is 5.96. The summed E-state index contributed by atoms with van der Waals surface area (Å²) in [6.07, 6.45) is 0.178. The number of rotatable bonds is 3. The molecule has 1 aromatic carbocycles. The summed E-state index contributed by atoms with van der Waals surface area (Å²) in [5.41, 5.74) is 0.534. The van der Waals surface area contributed by atoms with Crippen molar-refractivity contribution in [3.8, 4) is 0 Å². The van der Waals surface area contributed by atoms with Crippen molar-refractivity contribution in [2.45, 2.75) is 12.5 Å². The average molecular weight is 248 g/mol. The molecule has 0 unspecified atom stereocenters. The first kappa shape index (κ1) is 12.6. The number of carbonyl (C=O) groups is 2. The second-order valence-electron chi connectivity index (χ2n) is 4.33. The lowest BCUT2D eigenvalue weighted by Crippen LogP contribution is -2.39. The molecule has 1 aliphatic rings. The molecular weight excluding hydrogens is 232 g/mol. The number of β-amino-alcohol motifs (C(OH)–C–C–N with tert-alkyl or cyclic N) is 1. The second kappa shape index (κ2) is 5.64. The lowest BCUT2D eigenvalue weighted by atomic mass is 10.2. The summed E-state index contributed by atoms with van der Waals surface area (Å²) < 4.78 is 0. The normalized spacial score (nSPS) is 18.7. The van der Waals surface area contributed by atoms with Gasteiger partial charge in [-0.1, -0.05) is 18.2 Å². The molecule has 2 amide bonds. The molecule has 18 heavy (non-hydrogen) atoms. The summed E-state index contributed by atoms with van der Waals surface area (Å²) in [6.45, 7) is 0.891. The minimum Gasteiger partial charge on any atom is -0.391 e. The molecule has 1 heterocycles. The van der Waals surface area contributed by atoms with E-state index in [-0.39, 0.29) is 18.4 Å². The molecule has 1 aliphatic heterocycles. The summed E-state index contributed by atoms with van der Waals surface area (Å²) in [6, 6.07) is 8.76. The summed E-state index contributed by atoms with van der Waals surface area (Å²) in [7, 11) is 0. The molecule has 1 fully saturated rings. The minimum atomic E-state index is -0.432. The van der Waals surface area contributed by atoms with E-state index >= 15 is 0 Å². The zero-order chi connectivity index (χ0) is 13.0. The van der Waals surface area contributed by atoms with Gasteiger partial charge in [-0.15, -0.1) is 0 Å². The van der Waals surface area contributed by atoms with Crippen molar-refractivity contribution in [1.82, 2.24) is 10.2 Å². The van der Waals surface area contributed by atoms with Gasteiger partial charge in [0.1, 0.15) is 0 Å². The zero-order valence-corrected chi connectivity index (χ0v) is 10.0. The molecular formula is C13H16N2O3. The predicted molar refractivity (Wildman–Crippen MR) is 66.0 cm³/mol. The predicted octanol–water partition coefficient (Wildman–Crippen LogP) is 0.00960. The van der Waals surface area contributed by atoms with E-state index in [4.69, 9.17) is 0 Å². The minimum absolute atomic E-state index is 0.0273. The van der Waals surface area contributed by atoms with Crippen LogP contribution in [0.3, 0.4) is 0 Å². The molecule has 1 saturated heterocycles. The highest BCUT2D eigenvalue weighted by atomic mass is 16.3. The van der Waals surface area contributed by atoms with Crippen molar-refractivity contribution in [1.29, 1.82) is 0 Å². The Morgan fingerprint density at radius 3 is 2.67 bits per heavy atom. The highest BCUT2D eigenvalue weighted by Gasteiger charge is 2.24. The van der Waals surface area contributed by atoms with Gasteiger partial charge in [0.05, 0.1) is 12.6 Å². The first-order valence-electron chi connectivity index (χ1n) is 5.96. The van der Waals surface area contributed by atoms with Gasteiger partial charge in [-0.05, 0) is 18.6 Å². The molecule has 96 valence electrons. The molecule has 2 N–H and O–H groups in total. The number of hydrogen-bond acceptors (Lipinski definition) is 3. The zero-order valence-electron chi connectivity index (χ0n) is 10.0. The number of benzene rings is 1. The van der Waals surface area contributed by atoms with E-state index in [1.54, 1.807) is 29.2 Å². The Hall–Kier alpha value is -1.88. The fourth-order valence-corrected chi connectivity index (χ4v) is 1.93. The van der Waals surface area contributed by atoms with Crippen molar-refractivity contribution in [2.75, 3.05) is 19.6 Å². The molecule has 0 aliphatic carbocycles. The monoisotopic (exact) mass is 248 g/mol. The molecule has 0 aromatic heterocycles. The van der Waals surface area contributed by atoms with Gasteiger partial charge < -0.3 is 15.3 Å². The van der Waals surface area contributed by atoms with Gasteiger partial charge >= 0.3 is 0 Å². The molecule has 0 radical (unpaired) electrons. The van der Waals surface area contributed by atoms with Gasteiger partial charge in [-0.25, -0.2) is 0 Å². The third kappa shape index (κ3) is 3.07. The Kier molecular flexibility index (Phi) is 3.94. The third-order valence-corrected chi connectivity index (χ3v) is 2.95. The largest absolute Gasteiger partial charge is 0.391 e. The standard InChI is InChI=1S/C13H16N2O3/c16-11-6-7-15(9-11)12(17)8-14-13(18)10-4-2-1-3-5-10/h1-5,11,16H,6-9H2,(H,14,18)/t11-/m0/s1. The van der Waals surface area contributed by atoms with E-state index in [1.165, 1.54) is 0 Å². The van der Waals surface area contributed by atoms with E-state index in [2.05, 4.69) is 5.32 Å². The van der Waals surface area contributed by atoms with Crippen molar-refractivity contribution in [3.05, 3.63) is 35.9 Å². The number of nitrogens with zero attached hydrogens (tertiary/aromatic N) is 1. The lowest BCUT2D eigenvalue weighted by molar-refractivity contribution is -0.129. The number of aliphatic hydroxyl groups is 1. The SMILES string of the molecule is O=C(NCC(=O)N1CC[C@H](O)C1)c1ccccc1. The molecule has 2 rings (SSSR count). The van der Waals surface area contributed by atoms with Gasteiger partial charge in [0.2, 0.25) is 5.91 Å². The molecule has 5 nitrogen and oxygen atoms in total. The van der Waals surface area contributed by atoms with E-state index in [0.29, 0.717) is 25.1 Å². The van der Waals surface area contributed by atoms with E-state index in [1.807, 2.05) is 6.07 Å². The number of hydrogen-bond donors (Lipinski definition) is 2. The summed E-state index contributed by atoms with van der Waals surface area (Å²) in [5.74, 6) is -0.417. The Labute approximate surface area is 105 Å². The van der Waals surface area contributed by atoms with Crippen LogP contribution in [0.1, 0.15) is 16.8 Å². The maximum Gasteiger partial charge on any atom is 0.251 e. The van der Waals surface area contributed by atoms with Crippen LogP contribution < -0.4 is 5.32 Å². The Bertz CT molecular complexity index is 433. The Morgan fingerprint density at radius 1 is 1.33 bits per heavy atom. The maximum atomic E-state index is 11.7. The fraction of sp³-hybridized carbons (Fsp3) is 0.385. The first-order chi connectivity index (χ1) is 8.66. The van der Waals surface area contributed by atoms with Gasteiger partial charge in [0.25, 0.3) is 5.91 Å². The van der Waals surface area contributed by atoms with Crippen LogP contribution in [-0.4, -0.2) is 47.6 Å². The number of likely N-dealkylation sites (tertiary alicyclic amines) is 1. The van der Waals surface area contributed by atoms with Crippen LogP contribution in [0.15, 0.2) is 30.3 Å². The maximum absolute atomic E-state index is 11.7. The van der Waals surface area contributed by atoms with Crippen LogP contribution in [0, 0.1) is 0 Å². The van der Waals surface area contributed by atoms with Gasteiger partial charge in [0.15, 0.2) is 0 Å². The molecule has 0 saturated carbocycles. The quantitative estimate of drug-likeness (QED) is 0.791. The van der Waals surface area contributed by atoms with Crippen molar-refractivity contribution >= 4 is 11.8 Å². The van der Waals surface area contributed by atoms with E-state index < -0.39 is 6.10 Å². The fourth-order valence-electron chi connectivity index (χ4n) is 1.93. The third-order valence-electron chi connectivity index (χ3n) is 2.95. The van der Waals surface area contributed by atoms with Crippen LogP contribution in [0.4, 0.5) is 0 Å². The summed E-state index contributed by atoms with van der Waals surface area (Å²) >= 11 is 0. The molecule has 0 spiro atoms. The summed E-state index contributed by atoms with van der Waals surface area (Å²) in [5, 5.41) is 11.9. The van der Waals surface area contributed by atoms with Gasteiger partial charge in [-0.3, -0.25) is 9.59 Å². The topological polar surface area (TPSA) is 69.6 Å². The van der Waals surface area contributed by atoms with E-state index in [0.717, 1.165) is 0 Å². The Balaban J connectivity index is 1.81. The van der Waals surface area contributed by atoms with Crippen LogP contribution in [0.2, 0.25) is 0 Å². The van der Waals surface area contributed by atoms with Crippen molar-refractivity contribution < 1.29 is 14.7 Å². The van der Waals surface area contributed by atoms with Crippen molar-refractivity contribution in [2.24, 2.45) is 0 Å². The Morgan fingerprint density at radius 2 is 2.06 bits per heavy atom. The highest BCUT2D eigenvalue weighted by Crippen LogP contribution is 2.08. The van der Waals surface area contributed by atoms with Crippen molar-refractivity contribution in [3.63, 3.8) is 0 Å². The van der Waals surface area contributed by atoms with Crippen LogP contribution in [0.5, 0.6) is 0 Å². The molecule has 5 heteroatoms. The number of carbonyl (C=O) groups excluding carboxylic acids is 2. The number of aliphatic hydroxyl groups excluding tert-OH is 1. The van der Waals surface area contributed by atoms with Crippen LogP contribution in [0.25, 0.3) is 0 Å². The molecule has 1 atom stereocenters. The van der Waals surface area contributed by atoms with Crippen LogP contribution in [-0.2, 0) is 4.79 Å². The smallest absolute Gasteiger partial charge is 0.251 e. The second-order valence-corrected chi connectivity index (χ2v) is 4.33. The molecule has 1 aromatic rings. The van der Waals surface area contributed by atoms with Crippen LogP contribution >= 0.6 is 0 Å².